The van der Waals surface area contributed by atoms with E-state index in [1.807, 2.05) is 0 Å². The van der Waals surface area contributed by atoms with Crippen molar-refractivity contribution in [3.8, 4) is 0 Å². The van der Waals surface area contributed by atoms with Crippen LogP contribution in [0.4, 0.5) is 0 Å². The molecule has 0 fully saturated rings. The van der Waals surface area contributed by atoms with Gasteiger partial charge in [0.2, 0.25) is 0 Å². The zero-order chi connectivity index (χ0) is 19.8. The van der Waals surface area contributed by atoms with E-state index in [9.17, 15) is 19.8 Å². The van der Waals surface area contributed by atoms with E-state index in [2.05, 4.69) is 29.6 Å². The third-order valence-corrected chi connectivity index (χ3v) is 3.48. The molecule has 0 radical (unpaired) electrons. The van der Waals surface area contributed by atoms with Gasteiger partial charge in [-0.2, -0.15) is 0 Å². The van der Waals surface area contributed by atoms with Gasteiger partial charge in [0.05, 0.1) is 32.0 Å². The number of carbonyl (C=O) groups is 2. The fourth-order valence-electron chi connectivity index (χ4n) is 1.02. The number of carboxylic acid groups (broad SMARTS) is 2. The number of carbonyl (C=O) groups excluding carboxylic acids is 2. The van der Waals surface area contributed by atoms with Gasteiger partial charge in [-0.05, 0) is 0 Å². The second-order valence-electron chi connectivity index (χ2n) is 5.58. The molecular weight excluding hydrogens is 611 g/mol. The first-order chi connectivity index (χ1) is 10.7. The first-order valence-corrected chi connectivity index (χ1v) is 25.2. The van der Waals surface area contributed by atoms with Crippen molar-refractivity contribution < 1.29 is 19.8 Å². The van der Waals surface area contributed by atoms with E-state index in [1.165, 1.54) is 0 Å². The number of benzene rings is 1. The Kier molecular flexibility index (Phi) is 14.9. The maximum atomic E-state index is 10.7. The molecule has 4 nitrogen and oxygen atoms in total. The number of hydrogen-bond donors (Lipinski definition) is 0. The molecule has 0 aliphatic heterocycles. The average Bonchev–Trinajstić information content (AvgIpc) is 2.38. The Hall–Kier alpha value is 0.917. The summed E-state index contributed by atoms with van der Waals surface area (Å²) in [5, 5.41) is 19.6. The van der Waals surface area contributed by atoms with Crippen LogP contribution in [0.15, 0.2) is 0 Å². The van der Waals surface area contributed by atoms with Gasteiger partial charge in [0.25, 0.3) is 0 Å². The fraction of sp³-hybridized carbons (Fsp3) is 0.429. The summed E-state index contributed by atoms with van der Waals surface area (Å²) in [6, 6.07) is 0. The van der Waals surface area contributed by atoms with Gasteiger partial charge >= 0.3 is 69.2 Å². The number of rotatable bonds is 2. The molecule has 0 spiro atoms. The Morgan fingerprint density at radius 1 is 0.625 bits per heavy atom. The molecule has 0 atom stereocenters. The van der Waals surface area contributed by atoms with Crippen LogP contribution in [0.2, 0.25) is 49.7 Å². The van der Waals surface area contributed by atoms with Gasteiger partial charge in [-0.3, -0.25) is 0 Å². The summed E-state index contributed by atoms with van der Waals surface area (Å²) in [6.45, 7) is 0. The van der Waals surface area contributed by atoms with Crippen LogP contribution in [0.25, 0.3) is 0 Å². The van der Waals surface area contributed by atoms with E-state index in [4.69, 9.17) is 46.4 Å². The predicted octanol–water partition coefficient (Wildman–Crippen LogP) is 3.77. The molecule has 10 heteroatoms. The quantitative estimate of drug-likeness (QED) is 0.284. The Bertz CT molecular complexity index is 536. The molecular formula is C14H18Cl4O4Sn2. The Labute approximate surface area is 176 Å². The minimum atomic E-state index is -1.84. The van der Waals surface area contributed by atoms with E-state index in [0.29, 0.717) is 0 Å². The molecule has 1 rings (SSSR count). The van der Waals surface area contributed by atoms with Crippen LogP contribution < -0.4 is 10.2 Å². The summed E-state index contributed by atoms with van der Waals surface area (Å²) in [5.74, 6) is -3.69. The van der Waals surface area contributed by atoms with Crippen molar-refractivity contribution in [2.24, 2.45) is 0 Å². The molecule has 1 aromatic carbocycles. The summed E-state index contributed by atoms with van der Waals surface area (Å²) in [6.07, 6.45) is 0. The average molecular weight is 630 g/mol. The second kappa shape index (κ2) is 13.1. The molecule has 0 saturated heterocycles. The number of carboxylic acids is 2. The van der Waals surface area contributed by atoms with E-state index >= 15 is 0 Å². The van der Waals surface area contributed by atoms with Crippen molar-refractivity contribution in [3.05, 3.63) is 31.2 Å². The van der Waals surface area contributed by atoms with Gasteiger partial charge in [0.1, 0.15) is 0 Å². The van der Waals surface area contributed by atoms with Gasteiger partial charge in [-0.1, -0.05) is 46.4 Å². The van der Waals surface area contributed by atoms with Crippen molar-refractivity contribution in [3.63, 3.8) is 0 Å². The van der Waals surface area contributed by atoms with Crippen LogP contribution >= 0.6 is 46.4 Å². The maximum absolute atomic E-state index is 10.7. The van der Waals surface area contributed by atoms with Gasteiger partial charge in [0, 0.05) is 11.1 Å². The van der Waals surface area contributed by atoms with Crippen LogP contribution in [0.3, 0.4) is 0 Å². The van der Waals surface area contributed by atoms with Crippen molar-refractivity contribution in [1.82, 2.24) is 0 Å². The molecule has 0 unspecified atom stereocenters. The number of aromatic carboxylic acids is 2. The van der Waals surface area contributed by atoms with Crippen LogP contribution in [0.1, 0.15) is 20.7 Å². The molecule has 0 saturated carbocycles. The molecule has 24 heavy (non-hydrogen) atoms. The van der Waals surface area contributed by atoms with Crippen molar-refractivity contribution >= 4 is 97.9 Å². The normalized spacial score (nSPS) is 9.08. The minimum absolute atomic E-state index is 0.363. The summed E-state index contributed by atoms with van der Waals surface area (Å²) in [4.78, 5) is 35.6. The molecule has 0 aromatic heterocycles. The van der Waals surface area contributed by atoms with Crippen LogP contribution in [0.5, 0.6) is 0 Å². The Balaban J connectivity index is 0. The molecule has 1 aromatic rings. The van der Waals surface area contributed by atoms with Crippen molar-refractivity contribution in [1.29, 1.82) is 0 Å². The van der Waals surface area contributed by atoms with Crippen molar-refractivity contribution in [2.75, 3.05) is 0 Å². The monoisotopic (exact) mass is 630 g/mol. The van der Waals surface area contributed by atoms with Crippen molar-refractivity contribution in [2.45, 2.75) is 29.6 Å². The Morgan fingerprint density at radius 3 is 0.917 bits per heavy atom. The summed E-state index contributed by atoms with van der Waals surface area (Å²) < 4.78 is 0. The predicted molar refractivity (Wildman–Crippen MR) is 102 cm³/mol. The molecule has 0 heterocycles. The molecule has 0 bridgehead atoms. The third kappa shape index (κ3) is 10.2. The zero-order valence-corrected chi connectivity index (χ0v) is 22.9. The molecule has 0 aliphatic carbocycles. The summed E-state index contributed by atoms with van der Waals surface area (Å²) in [5.41, 5.74) is -1.72. The first kappa shape index (κ1) is 27.1. The van der Waals surface area contributed by atoms with Gasteiger partial charge < -0.3 is 19.8 Å². The zero-order valence-electron chi connectivity index (χ0n) is 14.1. The standard InChI is InChI=1S/C8H2Cl4O4.6CH3.2Sn/c9-3-1(7(13)14)2(8(15)16)4(10)6(12)5(3)11;;;;;;;;/h(H,13,14)(H,15,16);6*1H3;;/q;;;;;;;2*+1/p-2. The SMILES string of the molecule is O=C([O-])c1c(Cl)c(Cl)c(Cl)c(Cl)c1C(=O)[O-].[CH3][Sn+]([CH3])[CH3].[CH3][Sn+]([CH3])[CH3]. The van der Waals surface area contributed by atoms with Crippen LogP contribution in [-0.4, -0.2) is 51.5 Å². The summed E-state index contributed by atoms with van der Waals surface area (Å²) >= 11 is 21.1. The van der Waals surface area contributed by atoms with Gasteiger partial charge in [0.15, 0.2) is 0 Å². The first-order valence-electron chi connectivity index (χ1n) is 6.57. The van der Waals surface area contributed by atoms with Crippen LogP contribution in [0, 0.1) is 0 Å². The van der Waals surface area contributed by atoms with E-state index in [0.717, 1.165) is 0 Å². The summed E-state index contributed by atoms with van der Waals surface area (Å²) in [7, 11) is 0. The van der Waals surface area contributed by atoms with Gasteiger partial charge in [-0.25, -0.2) is 0 Å². The van der Waals surface area contributed by atoms with Crippen LogP contribution in [-0.2, 0) is 0 Å². The molecule has 134 valence electrons. The molecule has 0 amide bonds. The molecule has 0 N–H and O–H groups in total. The van der Waals surface area contributed by atoms with E-state index in [1.54, 1.807) is 0 Å². The Morgan fingerprint density at radius 2 is 0.792 bits per heavy atom. The topological polar surface area (TPSA) is 80.3 Å². The third-order valence-electron chi connectivity index (χ3n) is 1.68. The second-order valence-corrected chi connectivity index (χ2v) is 24.2. The molecule has 0 aliphatic rings. The fourth-order valence-corrected chi connectivity index (χ4v) is 2.02. The van der Waals surface area contributed by atoms with E-state index in [-0.39, 0.29) is 10.0 Å². The van der Waals surface area contributed by atoms with E-state index < -0.39 is 72.6 Å². The van der Waals surface area contributed by atoms with Gasteiger partial charge in [-0.15, -0.1) is 0 Å². The number of hydrogen-bond acceptors (Lipinski definition) is 4. The number of halogens is 4.